The minimum Gasteiger partial charge on any atom is -0.370 e. The molecule has 0 atom stereocenters. The van der Waals surface area contributed by atoms with Gasteiger partial charge in [-0.1, -0.05) is 123 Å². The van der Waals surface area contributed by atoms with Gasteiger partial charge in [0.05, 0.1) is 0 Å². The van der Waals surface area contributed by atoms with E-state index in [1.165, 1.54) is 82.6 Å². The molecule has 0 spiro atoms. The fraction of sp³-hybridized carbons (Fsp3) is 0.655. The van der Waals surface area contributed by atoms with E-state index in [-0.39, 0.29) is 5.41 Å². The molecule has 32 heavy (non-hydrogen) atoms. The van der Waals surface area contributed by atoms with E-state index in [1.807, 2.05) is 13.0 Å². The van der Waals surface area contributed by atoms with Crippen LogP contribution in [0, 0.1) is 6.92 Å². The van der Waals surface area contributed by atoms with E-state index in [0.717, 1.165) is 29.4 Å². The first-order valence-corrected chi connectivity index (χ1v) is 13.1. The molecule has 1 N–H and O–H groups in total. The molecule has 0 saturated heterocycles. The molecular formula is C29H47N3. The number of unbranched alkanes of at least 4 members (excludes halogenated alkanes) is 11. The molecule has 2 aromatic rings. The van der Waals surface area contributed by atoms with Gasteiger partial charge >= 0.3 is 0 Å². The first-order chi connectivity index (χ1) is 15.4. The number of hydrogen-bond acceptors (Lipinski definition) is 3. The first kappa shape index (κ1) is 26.4. The molecule has 0 aliphatic rings. The summed E-state index contributed by atoms with van der Waals surface area (Å²) < 4.78 is 0. The van der Waals surface area contributed by atoms with Crippen LogP contribution in [0.4, 0.5) is 5.82 Å². The van der Waals surface area contributed by atoms with Crippen molar-refractivity contribution >= 4 is 5.82 Å². The Hall–Kier alpha value is -1.90. The van der Waals surface area contributed by atoms with E-state index in [4.69, 9.17) is 4.98 Å². The van der Waals surface area contributed by atoms with Gasteiger partial charge < -0.3 is 5.32 Å². The Kier molecular flexibility index (Phi) is 11.8. The number of nitrogens with zero attached hydrogens (tertiary/aromatic N) is 2. The molecule has 3 heteroatoms. The Morgan fingerprint density at radius 1 is 0.719 bits per heavy atom. The van der Waals surface area contributed by atoms with Crippen molar-refractivity contribution < 1.29 is 0 Å². The molecule has 0 radical (unpaired) electrons. The number of hydrogen-bond donors (Lipinski definition) is 1. The van der Waals surface area contributed by atoms with Gasteiger partial charge in [-0.2, -0.15) is 0 Å². The van der Waals surface area contributed by atoms with Crippen LogP contribution in [-0.4, -0.2) is 16.5 Å². The zero-order valence-corrected chi connectivity index (χ0v) is 21.5. The third-order valence-corrected chi connectivity index (χ3v) is 6.20. The summed E-state index contributed by atoms with van der Waals surface area (Å²) in [5.41, 5.74) is 3.58. The Bertz CT molecular complexity index is 759. The van der Waals surface area contributed by atoms with Crippen molar-refractivity contribution in [2.24, 2.45) is 0 Å². The van der Waals surface area contributed by atoms with Crippen LogP contribution < -0.4 is 5.32 Å². The second-order valence-corrected chi connectivity index (χ2v) is 10.4. The van der Waals surface area contributed by atoms with Gasteiger partial charge in [0.2, 0.25) is 0 Å². The van der Waals surface area contributed by atoms with Gasteiger partial charge in [-0.15, -0.1) is 0 Å². The largest absolute Gasteiger partial charge is 0.370 e. The Balaban J connectivity index is 1.65. The lowest BCUT2D eigenvalue weighted by Gasteiger charge is -2.19. The highest BCUT2D eigenvalue weighted by molar-refractivity contribution is 5.58. The number of rotatable bonds is 15. The van der Waals surface area contributed by atoms with Crippen molar-refractivity contribution in [1.29, 1.82) is 0 Å². The van der Waals surface area contributed by atoms with Crippen LogP contribution in [0.25, 0.3) is 11.4 Å². The molecule has 1 aromatic carbocycles. The Labute approximate surface area is 197 Å². The van der Waals surface area contributed by atoms with Crippen LogP contribution in [0.5, 0.6) is 0 Å². The quantitative estimate of drug-likeness (QED) is 0.283. The van der Waals surface area contributed by atoms with Gasteiger partial charge in [-0.25, -0.2) is 9.97 Å². The van der Waals surface area contributed by atoms with E-state index in [1.54, 1.807) is 0 Å². The number of aromatic nitrogens is 2. The molecule has 0 saturated carbocycles. The fourth-order valence-electron chi connectivity index (χ4n) is 4.09. The normalized spacial score (nSPS) is 11.7. The van der Waals surface area contributed by atoms with E-state index >= 15 is 0 Å². The summed E-state index contributed by atoms with van der Waals surface area (Å²) in [6.07, 6.45) is 16.6. The minimum absolute atomic E-state index is 0.160. The highest BCUT2D eigenvalue weighted by Crippen LogP contribution is 2.25. The van der Waals surface area contributed by atoms with E-state index < -0.39 is 0 Å². The minimum atomic E-state index is 0.160. The molecule has 0 fully saturated rings. The Morgan fingerprint density at radius 2 is 1.25 bits per heavy atom. The molecule has 1 heterocycles. The molecule has 1 aromatic heterocycles. The molecule has 2 rings (SSSR count). The van der Waals surface area contributed by atoms with E-state index in [0.29, 0.717) is 0 Å². The van der Waals surface area contributed by atoms with Crippen molar-refractivity contribution in [2.45, 2.75) is 117 Å². The van der Waals surface area contributed by atoms with Crippen LogP contribution >= 0.6 is 0 Å². The zero-order valence-electron chi connectivity index (χ0n) is 21.5. The summed E-state index contributed by atoms with van der Waals surface area (Å²) in [5, 5.41) is 3.52. The summed E-state index contributed by atoms with van der Waals surface area (Å²) in [7, 11) is 0. The van der Waals surface area contributed by atoms with Gasteiger partial charge in [-0.3, -0.25) is 0 Å². The van der Waals surface area contributed by atoms with Crippen LogP contribution in [0.3, 0.4) is 0 Å². The average molecular weight is 438 g/mol. The smallest absolute Gasteiger partial charge is 0.161 e. The molecule has 178 valence electrons. The van der Waals surface area contributed by atoms with Crippen LogP contribution in [0.1, 0.15) is 116 Å². The van der Waals surface area contributed by atoms with Gasteiger partial charge in [-0.05, 0) is 24.3 Å². The van der Waals surface area contributed by atoms with Crippen molar-refractivity contribution in [3.05, 3.63) is 41.6 Å². The van der Waals surface area contributed by atoms with Gasteiger partial charge in [0, 0.05) is 23.9 Å². The summed E-state index contributed by atoms with van der Waals surface area (Å²) in [6.45, 7) is 12.0. The number of benzene rings is 1. The second kappa shape index (κ2) is 14.3. The van der Waals surface area contributed by atoms with Crippen LogP contribution in [0.15, 0.2) is 30.3 Å². The summed E-state index contributed by atoms with van der Waals surface area (Å²) in [4.78, 5) is 9.43. The Morgan fingerprint density at radius 3 is 1.78 bits per heavy atom. The van der Waals surface area contributed by atoms with Crippen molar-refractivity contribution in [2.75, 3.05) is 11.9 Å². The zero-order chi connectivity index (χ0) is 23.2. The third-order valence-electron chi connectivity index (χ3n) is 6.20. The summed E-state index contributed by atoms with van der Waals surface area (Å²) >= 11 is 0. The van der Waals surface area contributed by atoms with Gasteiger partial charge in [0.15, 0.2) is 5.82 Å². The maximum atomic E-state index is 4.77. The molecule has 3 nitrogen and oxygen atoms in total. The molecule has 0 aliphatic heterocycles. The number of aryl methyl sites for hydroxylation is 1. The standard InChI is InChI=1S/C29H47N3/c1-6-7-8-9-10-11-12-13-14-15-16-17-22-30-27-23-24(2)31-28(32-27)25-18-20-26(21-19-25)29(3,4)5/h18-21,23H,6-17,22H2,1-5H3,(H,30,31,32). The summed E-state index contributed by atoms with van der Waals surface area (Å²) in [5.74, 6) is 1.75. The predicted molar refractivity (Wildman–Crippen MR) is 140 cm³/mol. The van der Waals surface area contributed by atoms with Crippen molar-refractivity contribution in [1.82, 2.24) is 9.97 Å². The van der Waals surface area contributed by atoms with Crippen LogP contribution in [-0.2, 0) is 5.41 Å². The van der Waals surface area contributed by atoms with E-state index in [2.05, 4.69) is 62.3 Å². The first-order valence-electron chi connectivity index (χ1n) is 13.1. The molecule has 0 bridgehead atoms. The third kappa shape index (κ3) is 10.1. The SMILES string of the molecule is CCCCCCCCCCCCCCNc1cc(C)nc(-c2ccc(C(C)(C)C)cc2)n1. The number of nitrogens with one attached hydrogen (secondary N) is 1. The van der Waals surface area contributed by atoms with E-state index in [9.17, 15) is 0 Å². The van der Waals surface area contributed by atoms with Gasteiger partial charge in [0.25, 0.3) is 0 Å². The highest BCUT2D eigenvalue weighted by Gasteiger charge is 2.14. The molecule has 0 unspecified atom stereocenters. The molecular weight excluding hydrogens is 390 g/mol. The van der Waals surface area contributed by atoms with Gasteiger partial charge in [0.1, 0.15) is 5.82 Å². The predicted octanol–water partition coefficient (Wildman–Crippen LogP) is 8.86. The lowest BCUT2D eigenvalue weighted by molar-refractivity contribution is 0.546. The lowest BCUT2D eigenvalue weighted by atomic mass is 9.87. The monoisotopic (exact) mass is 437 g/mol. The van der Waals surface area contributed by atoms with Crippen molar-refractivity contribution in [3.63, 3.8) is 0 Å². The topological polar surface area (TPSA) is 37.8 Å². The molecule has 0 amide bonds. The second-order valence-electron chi connectivity index (χ2n) is 10.4. The lowest BCUT2D eigenvalue weighted by Crippen LogP contribution is -2.10. The van der Waals surface area contributed by atoms with Crippen LogP contribution in [0.2, 0.25) is 0 Å². The highest BCUT2D eigenvalue weighted by atomic mass is 15.0. The number of anilines is 1. The average Bonchev–Trinajstić information content (AvgIpc) is 2.76. The maximum Gasteiger partial charge on any atom is 0.161 e. The fourth-order valence-corrected chi connectivity index (χ4v) is 4.09. The molecule has 0 aliphatic carbocycles. The maximum absolute atomic E-state index is 4.77. The van der Waals surface area contributed by atoms with Crippen molar-refractivity contribution in [3.8, 4) is 11.4 Å². The summed E-state index contributed by atoms with van der Waals surface area (Å²) in [6, 6.07) is 10.7.